The van der Waals surface area contributed by atoms with E-state index in [2.05, 4.69) is 12.3 Å². The van der Waals surface area contributed by atoms with E-state index in [4.69, 9.17) is 4.74 Å². The van der Waals surface area contributed by atoms with E-state index in [1.807, 2.05) is 48.5 Å². The number of Topliss-reactive ketones (excluding diaryl/α,β-unsaturated/α-hetero) is 1. The van der Waals surface area contributed by atoms with E-state index in [0.717, 1.165) is 16.9 Å². The molecule has 0 radical (unpaired) electrons. The van der Waals surface area contributed by atoms with Crippen LogP contribution in [0, 0.1) is 5.92 Å². The van der Waals surface area contributed by atoms with Crippen molar-refractivity contribution in [2.24, 2.45) is 5.92 Å². The highest BCUT2D eigenvalue weighted by molar-refractivity contribution is 7.96. The Kier molecular flexibility index (Phi) is 4.13. The largest absolute Gasteiger partial charge is 0.376 e. The maximum Gasteiger partial charge on any atom is 0.178 e. The smallest absolute Gasteiger partial charge is 0.178 e. The molecule has 21 heavy (non-hydrogen) atoms. The fraction of sp³-hybridized carbons (Fsp3) is 0.278. The minimum Gasteiger partial charge on any atom is -0.376 e. The third-order valence-corrected chi connectivity index (χ3v) is 6.01. The monoisotopic (exact) mass is 299 g/mol. The number of carbonyl (C=O) groups is 1. The van der Waals surface area contributed by atoms with Gasteiger partial charge in [-0.2, -0.15) is 0 Å². The van der Waals surface area contributed by atoms with E-state index in [1.54, 1.807) is 7.11 Å². The van der Waals surface area contributed by atoms with Crippen molar-refractivity contribution in [2.75, 3.05) is 19.1 Å². The first-order valence-corrected chi connectivity index (χ1v) is 8.86. The second-order valence-electron chi connectivity index (χ2n) is 5.34. The van der Waals surface area contributed by atoms with Gasteiger partial charge in [-0.3, -0.25) is 4.79 Å². The van der Waals surface area contributed by atoms with E-state index >= 15 is 0 Å². The van der Waals surface area contributed by atoms with Crippen LogP contribution in [0.5, 0.6) is 0 Å². The number of hydrogen-bond acceptors (Lipinski definition) is 2. The van der Waals surface area contributed by atoms with Crippen LogP contribution in [0.25, 0.3) is 0 Å². The molecule has 1 aliphatic heterocycles. The fourth-order valence-electron chi connectivity index (χ4n) is 3.01. The lowest BCUT2D eigenvalue weighted by Gasteiger charge is -2.28. The van der Waals surface area contributed by atoms with Gasteiger partial charge < -0.3 is 4.74 Å². The molecule has 0 aromatic heterocycles. The van der Waals surface area contributed by atoms with Crippen LogP contribution in [0.3, 0.4) is 0 Å². The van der Waals surface area contributed by atoms with Crippen LogP contribution < -0.4 is 0 Å². The summed E-state index contributed by atoms with van der Waals surface area (Å²) in [6.45, 7) is 0. The number of carbonyl (C=O) groups excluding carboxylic acids is 1. The quantitative estimate of drug-likeness (QED) is 0.811. The van der Waals surface area contributed by atoms with Crippen LogP contribution in [-0.4, -0.2) is 24.9 Å². The number of ketones is 1. The third kappa shape index (κ3) is 2.63. The summed E-state index contributed by atoms with van der Waals surface area (Å²) in [4.78, 5) is 14.1. The lowest BCUT2D eigenvalue weighted by molar-refractivity contribution is 0.0482. The van der Waals surface area contributed by atoms with Crippen molar-refractivity contribution in [3.8, 4) is 0 Å². The summed E-state index contributed by atoms with van der Waals surface area (Å²) in [6, 6.07) is 18.0. The summed E-state index contributed by atoms with van der Waals surface area (Å²) in [7, 11) is 1.78. The van der Waals surface area contributed by atoms with Gasteiger partial charge in [-0.05, 0) is 17.7 Å². The van der Waals surface area contributed by atoms with Crippen molar-refractivity contribution in [1.82, 2.24) is 0 Å². The molecular weight excluding hydrogens is 280 g/mol. The molecule has 0 aliphatic carbocycles. The maximum absolute atomic E-state index is 12.9. The van der Waals surface area contributed by atoms with Crippen molar-refractivity contribution < 1.29 is 9.53 Å². The van der Waals surface area contributed by atoms with Crippen molar-refractivity contribution in [2.45, 2.75) is 11.0 Å². The van der Waals surface area contributed by atoms with Crippen LogP contribution in [0.15, 0.2) is 59.5 Å². The zero-order valence-corrected chi connectivity index (χ0v) is 13.1. The van der Waals surface area contributed by atoms with Gasteiger partial charge in [0.15, 0.2) is 10.7 Å². The number of methoxy groups -OCH3 is 1. The van der Waals surface area contributed by atoms with Gasteiger partial charge in [-0.25, -0.2) is 0 Å². The molecule has 3 heteroatoms. The van der Waals surface area contributed by atoms with Gasteiger partial charge in [-0.1, -0.05) is 42.5 Å². The number of rotatable bonds is 3. The molecular formula is C18H19O2S+. The zero-order valence-electron chi connectivity index (χ0n) is 12.3. The predicted molar refractivity (Wildman–Crippen MR) is 86.9 cm³/mol. The Bertz CT molecular complexity index is 639. The summed E-state index contributed by atoms with van der Waals surface area (Å²) in [6.07, 6.45) is 2.05. The molecule has 0 N–H and O–H groups in total. The molecule has 2 nitrogen and oxygen atoms in total. The van der Waals surface area contributed by atoms with Crippen molar-refractivity contribution in [3.05, 3.63) is 65.7 Å². The molecule has 2 aromatic rings. The first-order valence-electron chi connectivity index (χ1n) is 7.06. The van der Waals surface area contributed by atoms with E-state index in [-0.39, 0.29) is 28.7 Å². The molecule has 0 saturated carbocycles. The molecule has 3 atom stereocenters. The van der Waals surface area contributed by atoms with Crippen LogP contribution >= 0.6 is 0 Å². The van der Waals surface area contributed by atoms with Gasteiger partial charge in [0.2, 0.25) is 0 Å². The summed E-state index contributed by atoms with van der Waals surface area (Å²) in [5.74, 6) is 0.982. The van der Waals surface area contributed by atoms with Gasteiger partial charge >= 0.3 is 0 Å². The SMILES string of the molecule is CO[C@H](c1ccccc1)[C@H]1C[S+](C)c2ccccc2C1=O. The highest BCUT2D eigenvalue weighted by Crippen LogP contribution is 2.36. The summed E-state index contributed by atoms with van der Waals surface area (Å²) in [5, 5.41) is 0. The average molecular weight is 299 g/mol. The number of ether oxygens (including phenoxy) is 1. The Morgan fingerprint density at radius 2 is 1.76 bits per heavy atom. The average Bonchev–Trinajstić information content (AvgIpc) is 2.54. The second-order valence-corrected chi connectivity index (χ2v) is 7.39. The molecule has 1 unspecified atom stereocenters. The van der Waals surface area contributed by atoms with Crippen molar-refractivity contribution >= 4 is 16.7 Å². The topological polar surface area (TPSA) is 26.3 Å². The van der Waals surface area contributed by atoms with Crippen LogP contribution in [-0.2, 0) is 15.6 Å². The van der Waals surface area contributed by atoms with E-state index in [9.17, 15) is 4.79 Å². The Morgan fingerprint density at radius 1 is 1.10 bits per heavy atom. The van der Waals surface area contributed by atoms with Gasteiger partial charge in [0.25, 0.3) is 0 Å². The predicted octanol–water partition coefficient (Wildman–Crippen LogP) is 3.49. The van der Waals surface area contributed by atoms with Crippen molar-refractivity contribution in [3.63, 3.8) is 0 Å². The van der Waals surface area contributed by atoms with Gasteiger partial charge in [-0.15, -0.1) is 0 Å². The van der Waals surface area contributed by atoms with Gasteiger partial charge in [0.05, 0.1) is 17.6 Å². The van der Waals surface area contributed by atoms with Gasteiger partial charge in [0.1, 0.15) is 12.0 Å². The number of fused-ring (bicyclic) bond motifs is 1. The molecule has 0 amide bonds. The lowest BCUT2D eigenvalue weighted by Crippen LogP contribution is -2.35. The van der Waals surface area contributed by atoms with Crippen LogP contribution in [0.4, 0.5) is 0 Å². The first kappa shape index (κ1) is 14.4. The Labute approximate surface area is 128 Å². The molecule has 1 aliphatic rings. The molecule has 1 heterocycles. The Balaban J connectivity index is 1.98. The Morgan fingerprint density at radius 3 is 2.48 bits per heavy atom. The number of benzene rings is 2. The summed E-state index contributed by atoms with van der Waals surface area (Å²) in [5.41, 5.74) is 1.95. The molecule has 0 fully saturated rings. The lowest BCUT2D eigenvalue weighted by atomic mass is 9.89. The number of hydrogen-bond donors (Lipinski definition) is 0. The summed E-state index contributed by atoms with van der Waals surface area (Å²) < 4.78 is 5.69. The van der Waals surface area contributed by atoms with Crippen LogP contribution in [0.2, 0.25) is 0 Å². The molecule has 0 bridgehead atoms. The Hall–Kier alpha value is -1.58. The zero-order chi connectivity index (χ0) is 14.8. The van der Waals surface area contributed by atoms with Crippen LogP contribution in [0.1, 0.15) is 22.0 Å². The minimum atomic E-state index is -0.165. The molecule has 2 aromatic carbocycles. The first-order chi connectivity index (χ1) is 10.2. The van der Waals surface area contributed by atoms with Crippen molar-refractivity contribution in [1.29, 1.82) is 0 Å². The van der Waals surface area contributed by atoms with E-state index < -0.39 is 0 Å². The molecule has 3 rings (SSSR count). The maximum atomic E-state index is 12.9. The van der Waals surface area contributed by atoms with E-state index in [0.29, 0.717) is 0 Å². The second kappa shape index (κ2) is 6.04. The summed E-state index contributed by atoms with van der Waals surface area (Å²) >= 11 is 0. The highest BCUT2D eigenvalue weighted by Gasteiger charge is 2.42. The third-order valence-electron chi connectivity index (χ3n) is 4.04. The fourth-order valence-corrected chi connectivity index (χ4v) is 4.91. The molecule has 108 valence electrons. The molecule has 0 saturated heterocycles. The van der Waals surface area contributed by atoms with Gasteiger partial charge in [0, 0.05) is 18.0 Å². The standard InChI is InChI=1S/C18H19O2S/c1-20-18(13-8-4-3-5-9-13)15-12-21(2)16-11-7-6-10-14(16)17(15)19/h3-11,15,18H,12H2,1-2H3/q+1/t15-,18+,21?/m0/s1. The van der Waals surface area contributed by atoms with E-state index in [1.165, 1.54) is 4.90 Å². The molecule has 0 spiro atoms. The highest BCUT2D eigenvalue weighted by atomic mass is 32.2. The normalized spacial score (nSPS) is 22.7. The minimum absolute atomic E-state index is 0.0873.